The molecule has 11 heteroatoms. The average Bonchev–Trinajstić information content (AvgIpc) is 3.48. The molecule has 44 heavy (non-hydrogen) atoms. The van der Waals surface area contributed by atoms with Crippen molar-refractivity contribution >= 4 is 28.8 Å². The first-order valence-electron chi connectivity index (χ1n) is 14.8. The molecule has 2 atom stereocenters. The molecule has 2 aromatic heterocycles. The summed E-state index contributed by atoms with van der Waals surface area (Å²) in [6, 6.07) is 13.1. The van der Waals surface area contributed by atoms with Crippen LogP contribution in [0.15, 0.2) is 54.7 Å². The van der Waals surface area contributed by atoms with Gasteiger partial charge in [0.25, 0.3) is 5.91 Å². The molecule has 3 N–H and O–H groups in total. The molecule has 0 saturated carbocycles. The smallest absolute Gasteiger partial charge is 0.261 e. The van der Waals surface area contributed by atoms with Gasteiger partial charge in [-0.25, -0.2) is 8.78 Å². The number of hydrogen-bond donors (Lipinski definition) is 2. The zero-order valence-corrected chi connectivity index (χ0v) is 26.9. The summed E-state index contributed by atoms with van der Waals surface area (Å²) in [5.74, 6) is -0.816. The lowest BCUT2D eigenvalue weighted by atomic mass is 10.0. The number of fused-ring (bicyclic) bond motifs is 3. The fraction of sp³-hybridized carbons (Fsp3) is 0.394. The van der Waals surface area contributed by atoms with Crippen LogP contribution in [0.3, 0.4) is 0 Å². The van der Waals surface area contributed by atoms with E-state index in [1.807, 2.05) is 53.8 Å². The van der Waals surface area contributed by atoms with E-state index in [0.717, 1.165) is 53.2 Å². The molecule has 2 aromatic carbocycles. The SMILES string of the molecule is CN(C)C[C@@H](N)Cc1ccc(CN(C)C[C@H](Cc2cccc(F)c2)NC(=O)c2cc3c(s2)CCCn2ncc(Cl)c2-3)c(F)c1. The number of aryl methyl sites for hydroxylation is 2. The van der Waals surface area contributed by atoms with Gasteiger partial charge < -0.3 is 16.0 Å². The third-order valence-corrected chi connectivity index (χ3v) is 9.22. The maximum atomic E-state index is 15.1. The number of nitrogens with two attached hydrogens (primary N) is 1. The Morgan fingerprint density at radius 3 is 2.66 bits per heavy atom. The van der Waals surface area contributed by atoms with E-state index in [0.29, 0.717) is 41.4 Å². The summed E-state index contributed by atoms with van der Waals surface area (Å²) >= 11 is 7.94. The molecule has 1 aliphatic heterocycles. The van der Waals surface area contributed by atoms with Crippen LogP contribution in [0, 0.1) is 11.6 Å². The minimum atomic E-state index is -0.350. The van der Waals surface area contributed by atoms with E-state index >= 15 is 4.39 Å². The van der Waals surface area contributed by atoms with Crippen molar-refractivity contribution in [3.05, 3.63) is 97.8 Å². The minimum absolute atomic E-state index is 0.0809. The van der Waals surface area contributed by atoms with Crippen LogP contribution >= 0.6 is 22.9 Å². The molecule has 3 heterocycles. The number of likely N-dealkylation sites (N-methyl/N-ethyl adjacent to an activating group) is 2. The molecule has 1 aliphatic rings. The summed E-state index contributed by atoms with van der Waals surface area (Å²) in [4.78, 5) is 19.3. The molecule has 0 bridgehead atoms. The van der Waals surface area contributed by atoms with Crippen LogP contribution in [0.4, 0.5) is 8.78 Å². The monoisotopic (exact) mass is 640 g/mol. The zero-order valence-electron chi connectivity index (χ0n) is 25.3. The van der Waals surface area contributed by atoms with Crippen LogP contribution in [0.1, 0.15) is 37.7 Å². The largest absolute Gasteiger partial charge is 0.347 e. The average molecular weight is 641 g/mol. The quantitative estimate of drug-likeness (QED) is 0.217. The summed E-state index contributed by atoms with van der Waals surface area (Å²) in [7, 11) is 5.82. The van der Waals surface area contributed by atoms with Crippen molar-refractivity contribution in [3.8, 4) is 11.3 Å². The fourth-order valence-electron chi connectivity index (χ4n) is 5.90. The molecule has 234 valence electrons. The van der Waals surface area contributed by atoms with Crippen LogP contribution in [-0.4, -0.2) is 71.8 Å². The molecule has 0 unspecified atom stereocenters. The van der Waals surface area contributed by atoms with Gasteiger partial charge in [-0.2, -0.15) is 5.10 Å². The Hall–Kier alpha value is -3.15. The van der Waals surface area contributed by atoms with Gasteiger partial charge in [0.1, 0.15) is 11.6 Å². The van der Waals surface area contributed by atoms with Gasteiger partial charge in [-0.05, 0) is 82.2 Å². The first-order valence-corrected chi connectivity index (χ1v) is 16.0. The van der Waals surface area contributed by atoms with Crippen molar-refractivity contribution in [1.82, 2.24) is 24.9 Å². The Morgan fingerprint density at radius 2 is 1.91 bits per heavy atom. The second-order valence-electron chi connectivity index (χ2n) is 12.0. The molecule has 0 spiro atoms. The number of rotatable bonds is 12. The van der Waals surface area contributed by atoms with Crippen LogP contribution in [0.25, 0.3) is 11.3 Å². The number of benzene rings is 2. The summed E-state index contributed by atoms with van der Waals surface area (Å²) in [6.45, 7) is 2.28. The number of amides is 1. The second-order valence-corrected chi connectivity index (χ2v) is 13.5. The summed E-state index contributed by atoms with van der Waals surface area (Å²) < 4.78 is 31.1. The maximum Gasteiger partial charge on any atom is 0.261 e. The number of carbonyl (C=O) groups excluding carboxylic acids is 1. The zero-order chi connectivity index (χ0) is 31.4. The highest BCUT2D eigenvalue weighted by Gasteiger charge is 2.25. The molecule has 4 aromatic rings. The number of carbonyl (C=O) groups is 1. The topological polar surface area (TPSA) is 79.4 Å². The van der Waals surface area contributed by atoms with Gasteiger partial charge in [-0.1, -0.05) is 35.9 Å². The predicted molar refractivity (Wildman–Crippen MR) is 173 cm³/mol. The number of nitrogens with zero attached hydrogens (tertiary/aromatic N) is 4. The standard InChI is InChI=1S/C33H39ClF2N6OS/c1-40(2)19-25(37)13-22-9-10-23(29(36)15-22)18-41(3)20-26(14-21-6-4-7-24(35)12-21)39-33(43)31-16-27-30(44-31)8-5-11-42-32(27)28(34)17-38-42/h4,6-7,9-10,12,15-17,25-26H,5,8,11,13-14,18-20,37H2,1-3H3,(H,39,43)/t25-,26-/m0/s1. The molecule has 0 saturated heterocycles. The maximum absolute atomic E-state index is 15.1. The Bertz CT molecular complexity index is 1600. The van der Waals surface area contributed by atoms with Crippen LogP contribution in [-0.2, 0) is 32.4 Å². The lowest BCUT2D eigenvalue weighted by Crippen LogP contribution is -2.43. The van der Waals surface area contributed by atoms with Gasteiger partial charge in [0.15, 0.2) is 0 Å². The van der Waals surface area contributed by atoms with E-state index in [1.54, 1.807) is 24.4 Å². The van der Waals surface area contributed by atoms with E-state index in [1.165, 1.54) is 23.5 Å². The lowest BCUT2D eigenvalue weighted by Gasteiger charge is -2.25. The van der Waals surface area contributed by atoms with Gasteiger partial charge in [0, 0.05) is 54.3 Å². The van der Waals surface area contributed by atoms with Crippen molar-refractivity contribution in [3.63, 3.8) is 0 Å². The molecule has 1 amide bonds. The van der Waals surface area contributed by atoms with Gasteiger partial charge in [-0.15, -0.1) is 11.3 Å². The highest BCUT2D eigenvalue weighted by Crippen LogP contribution is 2.38. The number of nitrogens with one attached hydrogen (secondary N) is 1. The van der Waals surface area contributed by atoms with E-state index in [2.05, 4.69) is 10.4 Å². The van der Waals surface area contributed by atoms with Gasteiger partial charge >= 0.3 is 0 Å². The van der Waals surface area contributed by atoms with Crippen LogP contribution < -0.4 is 11.1 Å². The van der Waals surface area contributed by atoms with Crippen LogP contribution in [0.2, 0.25) is 5.02 Å². The second kappa shape index (κ2) is 14.3. The number of hydrogen-bond acceptors (Lipinski definition) is 6. The molecule has 7 nitrogen and oxygen atoms in total. The highest BCUT2D eigenvalue weighted by molar-refractivity contribution is 7.14. The predicted octanol–water partition coefficient (Wildman–Crippen LogP) is 5.39. The molecule has 0 radical (unpaired) electrons. The van der Waals surface area contributed by atoms with E-state index < -0.39 is 0 Å². The van der Waals surface area contributed by atoms with Crippen molar-refractivity contribution in [2.75, 3.05) is 34.2 Å². The molecule has 0 fully saturated rings. The van der Waals surface area contributed by atoms with Crippen molar-refractivity contribution < 1.29 is 13.6 Å². The normalized spacial score (nSPS) is 14.3. The van der Waals surface area contributed by atoms with Gasteiger partial charge in [-0.3, -0.25) is 14.4 Å². The number of thiophene rings is 1. The fourth-order valence-corrected chi connectivity index (χ4v) is 7.24. The van der Waals surface area contributed by atoms with E-state index in [-0.39, 0.29) is 29.6 Å². The van der Waals surface area contributed by atoms with Crippen molar-refractivity contribution in [1.29, 1.82) is 0 Å². The number of aromatic nitrogens is 2. The molecular weight excluding hydrogens is 602 g/mol. The highest BCUT2D eigenvalue weighted by atomic mass is 35.5. The van der Waals surface area contributed by atoms with Crippen LogP contribution in [0.5, 0.6) is 0 Å². The first-order chi connectivity index (χ1) is 21.0. The first kappa shape index (κ1) is 32.2. The third kappa shape index (κ3) is 8.11. The molecule has 0 aliphatic carbocycles. The van der Waals surface area contributed by atoms with Gasteiger partial charge in [0.05, 0.1) is 21.8 Å². The number of halogens is 3. The Labute approximate surface area is 266 Å². The Balaban J connectivity index is 1.30. The summed E-state index contributed by atoms with van der Waals surface area (Å²) in [5, 5.41) is 8.14. The van der Waals surface area contributed by atoms with Crippen molar-refractivity contribution in [2.45, 2.75) is 50.9 Å². The van der Waals surface area contributed by atoms with Gasteiger partial charge in [0.2, 0.25) is 0 Å². The third-order valence-electron chi connectivity index (χ3n) is 7.75. The minimum Gasteiger partial charge on any atom is -0.347 e. The van der Waals surface area contributed by atoms with E-state index in [9.17, 15) is 9.18 Å². The Kier molecular flexibility index (Phi) is 10.5. The van der Waals surface area contributed by atoms with Crippen molar-refractivity contribution in [2.24, 2.45) is 5.73 Å². The van der Waals surface area contributed by atoms with E-state index in [4.69, 9.17) is 17.3 Å². The Morgan fingerprint density at radius 1 is 1.11 bits per heavy atom. The summed E-state index contributed by atoms with van der Waals surface area (Å²) in [5.41, 5.74) is 10.2. The lowest BCUT2D eigenvalue weighted by molar-refractivity contribution is 0.0931. The summed E-state index contributed by atoms with van der Waals surface area (Å²) in [6.07, 6.45) is 4.41. The molecular formula is C33H39ClF2N6OS. The molecule has 5 rings (SSSR count).